The summed E-state index contributed by atoms with van der Waals surface area (Å²) in [5, 5.41) is 4.64. The Bertz CT molecular complexity index is 1040. The number of ether oxygens (including phenoxy) is 2. The standard InChI is InChI=1S/C22H18ClF3N2O2/c1-29-20-10-3-6-16(21(20)30-14-15-5-2-8-18(23)11-15)13-27-28-19-9-4-7-17(12-19)22(24,25)26/h2-13,28H,14H2,1H3. The maximum atomic E-state index is 12.8. The van der Waals surface area contributed by atoms with Crippen molar-refractivity contribution < 1.29 is 22.6 Å². The predicted molar refractivity (Wildman–Crippen MR) is 111 cm³/mol. The maximum Gasteiger partial charge on any atom is 0.416 e. The fourth-order valence-corrected chi connectivity index (χ4v) is 2.89. The molecule has 0 radical (unpaired) electrons. The predicted octanol–water partition coefficient (Wildman–Crippen LogP) is 6.39. The van der Waals surface area contributed by atoms with Crippen molar-refractivity contribution in [1.82, 2.24) is 0 Å². The van der Waals surface area contributed by atoms with Crippen molar-refractivity contribution >= 4 is 23.5 Å². The molecule has 0 aliphatic carbocycles. The molecule has 3 rings (SSSR count). The van der Waals surface area contributed by atoms with E-state index in [1.807, 2.05) is 12.1 Å². The molecule has 3 aromatic carbocycles. The van der Waals surface area contributed by atoms with Crippen molar-refractivity contribution in [3.05, 3.63) is 88.4 Å². The third-order valence-corrected chi connectivity index (χ3v) is 4.32. The lowest BCUT2D eigenvalue weighted by Gasteiger charge is -2.13. The number of hydrogen-bond donors (Lipinski definition) is 1. The van der Waals surface area contributed by atoms with E-state index in [9.17, 15) is 13.2 Å². The van der Waals surface area contributed by atoms with Gasteiger partial charge in [-0.05, 0) is 48.0 Å². The maximum absolute atomic E-state index is 12.8. The molecule has 0 amide bonds. The molecule has 0 atom stereocenters. The van der Waals surface area contributed by atoms with Gasteiger partial charge < -0.3 is 9.47 Å². The SMILES string of the molecule is COc1cccc(C=NNc2cccc(C(F)(F)F)c2)c1OCc1cccc(Cl)c1. The van der Waals surface area contributed by atoms with Crippen molar-refractivity contribution in [3.8, 4) is 11.5 Å². The second-order valence-corrected chi connectivity index (χ2v) is 6.68. The Kier molecular flexibility index (Phi) is 6.84. The molecule has 0 saturated heterocycles. The fraction of sp³-hybridized carbons (Fsp3) is 0.136. The van der Waals surface area contributed by atoms with E-state index in [4.69, 9.17) is 21.1 Å². The highest BCUT2D eigenvalue weighted by Crippen LogP contribution is 2.32. The zero-order valence-electron chi connectivity index (χ0n) is 15.9. The van der Waals surface area contributed by atoms with Gasteiger partial charge in [0.1, 0.15) is 6.61 Å². The summed E-state index contributed by atoms with van der Waals surface area (Å²) in [6, 6.07) is 17.3. The molecule has 4 nitrogen and oxygen atoms in total. The van der Waals surface area contributed by atoms with E-state index in [1.165, 1.54) is 25.5 Å². The van der Waals surface area contributed by atoms with Gasteiger partial charge >= 0.3 is 6.18 Å². The van der Waals surface area contributed by atoms with Crippen LogP contribution in [0, 0.1) is 0 Å². The lowest BCUT2D eigenvalue weighted by molar-refractivity contribution is -0.137. The van der Waals surface area contributed by atoms with Gasteiger partial charge in [0.15, 0.2) is 11.5 Å². The molecule has 0 spiro atoms. The molecular formula is C22H18ClF3N2O2. The first-order valence-corrected chi connectivity index (χ1v) is 9.25. The van der Waals surface area contributed by atoms with E-state index < -0.39 is 11.7 Å². The summed E-state index contributed by atoms with van der Waals surface area (Å²) in [7, 11) is 1.52. The number of para-hydroxylation sites is 1. The second kappa shape index (κ2) is 9.54. The largest absolute Gasteiger partial charge is 0.493 e. The zero-order valence-corrected chi connectivity index (χ0v) is 16.7. The Balaban J connectivity index is 1.77. The van der Waals surface area contributed by atoms with Crippen molar-refractivity contribution in [2.24, 2.45) is 5.10 Å². The Hall–Kier alpha value is -3.19. The minimum absolute atomic E-state index is 0.213. The molecule has 0 unspecified atom stereocenters. The molecule has 0 fully saturated rings. The minimum atomic E-state index is -4.42. The molecule has 0 aliphatic rings. The third-order valence-electron chi connectivity index (χ3n) is 4.09. The van der Waals surface area contributed by atoms with E-state index in [0.717, 1.165) is 17.7 Å². The molecule has 0 heterocycles. The van der Waals surface area contributed by atoms with Gasteiger partial charge in [0.05, 0.1) is 24.6 Å². The number of nitrogens with zero attached hydrogens (tertiary/aromatic N) is 1. The Morgan fingerprint density at radius 1 is 1.03 bits per heavy atom. The van der Waals surface area contributed by atoms with Gasteiger partial charge in [-0.1, -0.05) is 35.9 Å². The van der Waals surface area contributed by atoms with Gasteiger partial charge in [0, 0.05) is 10.6 Å². The molecule has 0 bridgehead atoms. The van der Waals surface area contributed by atoms with E-state index in [-0.39, 0.29) is 12.3 Å². The van der Waals surface area contributed by atoms with Crippen LogP contribution >= 0.6 is 11.6 Å². The highest BCUT2D eigenvalue weighted by molar-refractivity contribution is 6.30. The van der Waals surface area contributed by atoms with Gasteiger partial charge in [0.2, 0.25) is 0 Å². The number of hydrazone groups is 1. The molecule has 156 valence electrons. The first-order valence-electron chi connectivity index (χ1n) is 8.87. The van der Waals surface area contributed by atoms with Crippen LogP contribution in [0.3, 0.4) is 0 Å². The van der Waals surface area contributed by atoms with Crippen molar-refractivity contribution in [2.45, 2.75) is 12.8 Å². The summed E-state index contributed by atoms with van der Waals surface area (Å²) >= 11 is 6.00. The first kappa shape index (κ1) is 21.5. The average Bonchev–Trinajstić information content (AvgIpc) is 2.72. The Morgan fingerprint density at radius 2 is 1.80 bits per heavy atom. The topological polar surface area (TPSA) is 42.8 Å². The van der Waals surface area contributed by atoms with Crippen LogP contribution in [0.5, 0.6) is 11.5 Å². The zero-order chi connectivity index (χ0) is 21.6. The van der Waals surface area contributed by atoms with Crippen LogP contribution in [-0.4, -0.2) is 13.3 Å². The second-order valence-electron chi connectivity index (χ2n) is 6.25. The fourth-order valence-electron chi connectivity index (χ4n) is 2.67. The smallest absolute Gasteiger partial charge is 0.416 e. The number of benzene rings is 3. The van der Waals surface area contributed by atoms with Gasteiger partial charge in [-0.2, -0.15) is 18.3 Å². The van der Waals surface area contributed by atoms with Gasteiger partial charge in [-0.15, -0.1) is 0 Å². The van der Waals surface area contributed by atoms with Crippen molar-refractivity contribution in [2.75, 3.05) is 12.5 Å². The lowest BCUT2D eigenvalue weighted by Crippen LogP contribution is -2.05. The quantitative estimate of drug-likeness (QED) is 0.346. The van der Waals surface area contributed by atoms with Crippen LogP contribution in [0.15, 0.2) is 71.8 Å². The number of methoxy groups -OCH3 is 1. The third kappa shape index (κ3) is 5.67. The van der Waals surface area contributed by atoms with Gasteiger partial charge in [-0.3, -0.25) is 5.43 Å². The summed E-state index contributed by atoms with van der Waals surface area (Å²) in [6.07, 6.45) is -2.97. The molecular weight excluding hydrogens is 417 g/mol. The number of nitrogens with one attached hydrogen (secondary N) is 1. The molecule has 0 aliphatic heterocycles. The van der Waals surface area contributed by atoms with Crippen LogP contribution in [0.1, 0.15) is 16.7 Å². The van der Waals surface area contributed by atoms with Crippen LogP contribution in [0.4, 0.5) is 18.9 Å². The van der Waals surface area contributed by atoms with E-state index in [2.05, 4.69) is 10.5 Å². The number of rotatable bonds is 7. The molecule has 8 heteroatoms. The van der Waals surface area contributed by atoms with Gasteiger partial charge in [0.25, 0.3) is 0 Å². The van der Waals surface area contributed by atoms with E-state index >= 15 is 0 Å². The average molecular weight is 435 g/mol. The monoisotopic (exact) mass is 434 g/mol. The Labute approximate surface area is 176 Å². The van der Waals surface area contributed by atoms with Crippen molar-refractivity contribution in [1.29, 1.82) is 0 Å². The Morgan fingerprint density at radius 3 is 2.53 bits per heavy atom. The summed E-state index contributed by atoms with van der Waals surface area (Å²) in [5.41, 5.74) is 3.53. The van der Waals surface area contributed by atoms with Crippen LogP contribution in [0.25, 0.3) is 0 Å². The number of alkyl halides is 3. The van der Waals surface area contributed by atoms with E-state index in [1.54, 1.807) is 30.3 Å². The number of hydrogen-bond acceptors (Lipinski definition) is 4. The highest BCUT2D eigenvalue weighted by atomic mass is 35.5. The van der Waals surface area contributed by atoms with Crippen LogP contribution in [0.2, 0.25) is 5.02 Å². The molecule has 3 aromatic rings. The molecule has 0 aromatic heterocycles. The van der Waals surface area contributed by atoms with Gasteiger partial charge in [-0.25, -0.2) is 0 Å². The molecule has 30 heavy (non-hydrogen) atoms. The summed E-state index contributed by atoms with van der Waals surface area (Å²) in [4.78, 5) is 0. The lowest BCUT2D eigenvalue weighted by atomic mass is 10.2. The number of halogens is 4. The van der Waals surface area contributed by atoms with Crippen molar-refractivity contribution in [3.63, 3.8) is 0 Å². The summed E-state index contributed by atoms with van der Waals surface area (Å²) in [6.45, 7) is 0.253. The summed E-state index contributed by atoms with van der Waals surface area (Å²) < 4.78 is 49.8. The number of anilines is 1. The first-order chi connectivity index (χ1) is 14.4. The van der Waals surface area contributed by atoms with Crippen LogP contribution in [-0.2, 0) is 12.8 Å². The minimum Gasteiger partial charge on any atom is -0.493 e. The van der Waals surface area contributed by atoms with Crippen LogP contribution < -0.4 is 14.9 Å². The normalized spacial score (nSPS) is 11.5. The van der Waals surface area contributed by atoms with E-state index in [0.29, 0.717) is 22.1 Å². The summed E-state index contributed by atoms with van der Waals surface area (Å²) in [5.74, 6) is 0.953. The highest BCUT2D eigenvalue weighted by Gasteiger charge is 2.30. The molecule has 0 saturated carbocycles. The molecule has 1 N–H and O–H groups in total.